The Morgan fingerprint density at radius 3 is 2.90 bits per heavy atom. The molecule has 0 saturated heterocycles. The summed E-state index contributed by atoms with van der Waals surface area (Å²) in [6, 6.07) is 10.7. The lowest BCUT2D eigenvalue weighted by molar-refractivity contribution is 0.0600. The number of aromatic nitrogens is 2. The topological polar surface area (TPSA) is 48.0 Å². The molecule has 21 heavy (non-hydrogen) atoms. The van der Waals surface area contributed by atoms with Crippen LogP contribution in [0.25, 0.3) is 21.7 Å². The smallest absolute Gasteiger partial charge is 0.339 e. The van der Waals surface area contributed by atoms with Gasteiger partial charge in [0.25, 0.3) is 0 Å². The number of imidazole rings is 1. The van der Waals surface area contributed by atoms with E-state index in [2.05, 4.69) is 9.83 Å². The molecular formula is C16H11N3O2. The van der Waals surface area contributed by atoms with Crippen molar-refractivity contribution < 1.29 is 9.53 Å². The van der Waals surface area contributed by atoms with E-state index in [0.29, 0.717) is 11.3 Å². The molecule has 0 aliphatic carbocycles. The molecule has 3 rings (SSSR count). The Labute approximate surface area is 121 Å². The van der Waals surface area contributed by atoms with Gasteiger partial charge in [-0.1, -0.05) is 18.2 Å². The third-order valence-corrected chi connectivity index (χ3v) is 3.14. The number of fused-ring (bicyclic) bond motifs is 1. The zero-order valence-electron chi connectivity index (χ0n) is 11.3. The van der Waals surface area contributed by atoms with Gasteiger partial charge in [-0.2, -0.15) is 0 Å². The summed E-state index contributed by atoms with van der Waals surface area (Å²) < 4.78 is 6.47. The van der Waals surface area contributed by atoms with E-state index in [9.17, 15) is 4.79 Å². The van der Waals surface area contributed by atoms with Gasteiger partial charge in [0.2, 0.25) is 0 Å². The highest BCUT2D eigenvalue weighted by Crippen LogP contribution is 2.24. The van der Waals surface area contributed by atoms with E-state index < -0.39 is 0 Å². The quantitative estimate of drug-likeness (QED) is 0.533. The highest BCUT2D eigenvalue weighted by Gasteiger charge is 2.09. The molecule has 1 aromatic carbocycles. The molecule has 0 radical (unpaired) electrons. The average Bonchev–Trinajstić information content (AvgIpc) is 2.97. The molecule has 2 aromatic heterocycles. The van der Waals surface area contributed by atoms with Gasteiger partial charge in [-0.25, -0.2) is 14.6 Å². The average molecular weight is 277 g/mol. The van der Waals surface area contributed by atoms with Crippen LogP contribution in [-0.4, -0.2) is 22.5 Å². The molecule has 0 aliphatic heterocycles. The number of pyridine rings is 1. The van der Waals surface area contributed by atoms with Crippen molar-refractivity contribution >= 4 is 17.3 Å². The molecule has 0 saturated carbocycles. The summed E-state index contributed by atoms with van der Waals surface area (Å²) >= 11 is 0. The van der Waals surface area contributed by atoms with E-state index in [0.717, 1.165) is 16.9 Å². The largest absolute Gasteiger partial charge is 0.465 e. The van der Waals surface area contributed by atoms with Crippen LogP contribution in [0.2, 0.25) is 0 Å². The Kier molecular flexibility index (Phi) is 3.13. The third kappa shape index (κ3) is 2.35. The molecule has 0 unspecified atom stereocenters. The van der Waals surface area contributed by atoms with E-state index in [1.807, 2.05) is 18.3 Å². The minimum atomic E-state index is -0.387. The lowest BCUT2D eigenvalue weighted by atomic mass is 10.1. The maximum Gasteiger partial charge on any atom is 0.339 e. The molecular weight excluding hydrogens is 266 g/mol. The maximum atomic E-state index is 11.5. The molecule has 0 bridgehead atoms. The Balaban J connectivity index is 2.08. The molecule has 5 heteroatoms. The summed E-state index contributed by atoms with van der Waals surface area (Å²) in [4.78, 5) is 19.4. The van der Waals surface area contributed by atoms with Crippen LogP contribution in [0.3, 0.4) is 0 Å². The van der Waals surface area contributed by atoms with E-state index in [-0.39, 0.29) is 5.97 Å². The summed E-state index contributed by atoms with van der Waals surface area (Å²) in [5, 5.41) is 0. The second-order valence-corrected chi connectivity index (χ2v) is 4.46. The van der Waals surface area contributed by atoms with Crippen molar-refractivity contribution in [3.05, 3.63) is 65.8 Å². The van der Waals surface area contributed by atoms with Gasteiger partial charge in [0, 0.05) is 12.4 Å². The van der Waals surface area contributed by atoms with Gasteiger partial charge in [0.1, 0.15) is 5.65 Å². The van der Waals surface area contributed by atoms with Gasteiger partial charge in [-0.15, -0.1) is 0 Å². The minimum Gasteiger partial charge on any atom is -0.465 e. The summed E-state index contributed by atoms with van der Waals surface area (Å²) in [6.45, 7) is 7.05. The van der Waals surface area contributed by atoms with Crippen molar-refractivity contribution in [3.63, 3.8) is 0 Å². The number of hydrogen-bond acceptors (Lipinski definition) is 3. The Morgan fingerprint density at radius 1 is 1.29 bits per heavy atom. The van der Waals surface area contributed by atoms with Gasteiger partial charge >= 0.3 is 5.97 Å². The second-order valence-electron chi connectivity index (χ2n) is 4.46. The van der Waals surface area contributed by atoms with Crippen LogP contribution in [0.1, 0.15) is 10.4 Å². The second kappa shape index (κ2) is 5.10. The van der Waals surface area contributed by atoms with Crippen LogP contribution in [-0.2, 0) is 4.74 Å². The van der Waals surface area contributed by atoms with E-state index in [4.69, 9.17) is 11.3 Å². The zero-order chi connectivity index (χ0) is 14.8. The summed E-state index contributed by atoms with van der Waals surface area (Å²) in [5.41, 5.74) is 3.38. The van der Waals surface area contributed by atoms with Crippen molar-refractivity contribution in [2.24, 2.45) is 0 Å². The van der Waals surface area contributed by atoms with Crippen LogP contribution < -0.4 is 0 Å². The van der Waals surface area contributed by atoms with Crippen molar-refractivity contribution in [1.29, 1.82) is 0 Å². The third-order valence-electron chi connectivity index (χ3n) is 3.14. The van der Waals surface area contributed by atoms with Gasteiger partial charge in [0.05, 0.1) is 24.9 Å². The number of benzene rings is 1. The SMILES string of the molecule is [C-]#[N+]c1cccc(-c2cn3cc(C(=O)OC)ccc3n2)c1. The van der Waals surface area contributed by atoms with Crippen molar-refractivity contribution in [1.82, 2.24) is 9.38 Å². The number of methoxy groups -OCH3 is 1. The summed E-state index contributed by atoms with van der Waals surface area (Å²) in [5.74, 6) is -0.387. The first kappa shape index (κ1) is 12.9. The molecule has 2 heterocycles. The Hall–Kier alpha value is -3.13. The molecule has 0 atom stereocenters. The van der Waals surface area contributed by atoms with Crippen molar-refractivity contribution in [2.45, 2.75) is 0 Å². The first-order valence-corrected chi connectivity index (χ1v) is 6.26. The number of carbonyl (C=O) groups is 1. The van der Waals surface area contributed by atoms with Crippen LogP contribution in [0.15, 0.2) is 48.8 Å². The fraction of sp³-hybridized carbons (Fsp3) is 0.0625. The molecule has 5 nitrogen and oxygen atoms in total. The minimum absolute atomic E-state index is 0.387. The molecule has 0 fully saturated rings. The van der Waals surface area contributed by atoms with Crippen LogP contribution in [0, 0.1) is 6.57 Å². The fourth-order valence-electron chi connectivity index (χ4n) is 2.10. The van der Waals surface area contributed by atoms with Gasteiger partial charge < -0.3 is 9.14 Å². The van der Waals surface area contributed by atoms with Crippen LogP contribution >= 0.6 is 0 Å². The molecule has 3 aromatic rings. The predicted octanol–water partition coefficient (Wildman–Crippen LogP) is 3.34. The monoisotopic (exact) mass is 277 g/mol. The van der Waals surface area contributed by atoms with Gasteiger partial charge in [-0.05, 0) is 23.8 Å². The van der Waals surface area contributed by atoms with Gasteiger partial charge in [-0.3, -0.25) is 0 Å². The standard InChI is InChI=1S/C16H11N3O2/c1-17-13-5-3-4-11(8-13)14-10-19-9-12(16(20)21-2)6-7-15(19)18-14/h3-10H,2H3. The first-order chi connectivity index (χ1) is 10.2. The highest BCUT2D eigenvalue weighted by molar-refractivity contribution is 5.89. The normalized spacial score (nSPS) is 10.3. The number of esters is 1. The number of ether oxygens (including phenoxy) is 1. The first-order valence-electron chi connectivity index (χ1n) is 6.26. The van der Waals surface area contributed by atoms with Crippen LogP contribution in [0.5, 0.6) is 0 Å². The van der Waals surface area contributed by atoms with E-state index in [1.165, 1.54) is 7.11 Å². The molecule has 102 valence electrons. The van der Waals surface area contributed by atoms with Crippen molar-refractivity contribution in [3.8, 4) is 11.3 Å². The zero-order valence-corrected chi connectivity index (χ0v) is 11.3. The Bertz CT molecular complexity index is 875. The highest BCUT2D eigenvalue weighted by atomic mass is 16.5. The fourth-order valence-corrected chi connectivity index (χ4v) is 2.10. The van der Waals surface area contributed by atoms with E-state index in [1.54, 1.807) is 34.9 Å². The number of nitrogens with zero attached hydrogens (tertiary/aromatic N) is 3. The lowest BCUT2D eigenvalue weighted by Crippen LogP contribution is -2.02. The van der Waals surface area contributed by atoms with Crippen molar-refractivity contribution in [2.75, 3.05) is 7.11 Å². The number of rotatable bonds is 2. The molecule has 0 spiro atoms. The summed E-state index contributed by atoms with van der Waals surface area (Å²) in [6.07, 6.45) is 3.50. The lowest BCUT2D eigenvalue weighted by Gasteiger charge is -1.99. The molecule has 0 aliphatic rings. The number of hydrogen-bond donors (Lipinski definition) is 0. The predicted molar refractivity (Wildman–Crippen MR) is 78.2 cm³/mol. The number of carbonyl (C=O) groups excluding carboxylic acids is 1. The summed E-state index contributed by atoms with van der Waals surface area (Å²) in [7, 11) is 1.35. The molecule has 0 amide bonds. The van der Waals surface area contributed by atoms with Crippen LogP contribution in [0.4, 0.5) is 5.69 Å². The molecule has 0 N–H and O–H groups in total. The maximum absolute atomic E-state index is 11.5. The Morgan fingerprint density at radius 2 is 2.14 bits per heavy atom. The van der Waals surface area contributed by atoms with E-state index >= 15 is 0 Å². The van der Waals surface area contributed by atoms with Gasteiger partial charge in [0.15, 0.2) is 5.69 Å².